The average Bonchev–Trinajstić information content (AvgIpc) is 3.34. The van der Waals surface area contributed by atoms with Crippen molar-refractivity contribution >= 4 is 11.9 Å². The summed E-state index contributed by atoms with van der Waals surface area (Å²) < 4.78 is 35.6. The van der Waals surface area contributed by atoms with E-state index in [4.69, 9.17) is 28.4 Å². The lowest BCUT2D eigenvalue weighted by Gasteiger charge is -2.22. The molecule has 0 aromatic heterocycles. The normalized spacial score (nSPS) is 11.8. The third-order valence-electron chi connectivity index (χ3n) is 13.0. The number of aliphatic hydroxyl groups is 1. The van der Waals surface area contributed by atoms with E-state index in [0.717, 1.165) is 96.7 Å². The Morgan fingerprint density at radius 2 is 0.588 bits per heavy atom. The van der Waals surface area contributed by atoms with Crippen LogP contribution in [0.15, 0.2) is 0 Å². The molecule has 1 N–H and O–H groups in total. The number of carbonyl (C=O) groups is 2. The van der Waals surface area contributed by atoms with Gasteiger partial charge in [0.2, 0.25) is 0 Å². The molecule has 68 heavy (non-hydrogen) atoms. The molecule has 0 atom stereocenters. The van der Waals surface area contributed by atoms with Gasteiger partial charge in [0, 0.05) is 45.9 Å². The summed E-state index contributed by atoms with van der Waals surface area (Å²) in [5.74, 6) is -0.293. The molecule has 0 heterocycles. The fourth-order valence-electron chi connectivity index (χ4n) is 8.52. The quantitative estimate of drug-likeness (QED) is 0.0359. The Kier molecular flexibility index (Phi) is 55.5. The van der Waals surface area contributed by atoms with Gasteiger partial charge < -0.3 is 38.4 Å². The van der Waals surface area contributed by atoms with E-state index in [-0.39, 0.29) is 31.1 Å². The van der Waals surface area contributed by atoms with Crippen molar-refractivity contribution in [3.05, 3.63) is 0 Å². The summed E-state index contributed by atoms with van der Waals surface area (Å²) in [5.41, 5.74) is 0. The number of ether oxygens (including phenoxy) is 6. The smallest absolute Gasteiger partial charge is 0.305 e. The average molecular weight is 971 g/mol. The highest BCUT2D eigenvalue weighted by molar-refractivity contribution is 5.69. The van der Waals surface area contributed by atoms with Crippen LogP contribution in [0.2, 0.25) is 0 Å². The van der Waals surface area contributed by atoms with Gasteiger partial charge in [-0.2, -0.15) is 0 Å². The first-order valence-corrected chi connectivity index (χ1v) is 29.6. The molecule has 0 aliphatic carbocycles. The maximum absolute atomic E-state index is 12.6. The molecule has 0 aromatic carbocycles. The van der Waals surface area contributed by atoms with E-state index in [1.165, 1.54) is 154 Å². The maximum Gasteiger partial charge on any atom is 0.305 e. The first-order valence-electron chi connectivity index (χ1n) is 29.6. The molecule has 10 heteroatoms. The molecule has 0 unspecified atom stereocenters. The van der Waals surface area contributed by atoms with Crippen LogP contribution in [0, 0.1) is 0 Å². The molecule has 10 nitrogen and oxygen atoms in total. The second-order valence-electron chi connectivity index (χ2n) is 19.7. The Morgan fingerprint density at radius 1 is 0.338 bits per heavy atom. The molecular formula is C58H115NO9. The van der Waals surface area contributed by atoms with Gasteiger partial charge in [-0.1, -0.05) is 195 Å². The van der Waals surface area contributed by atoms with Crippen molar-refractivity contribution in [2.24, 2.45) is 0 Å². The van der Waals surface area contributed by atoms with Crippen molar-refractivity contribution in [2.45, 2.75) is 297 Å². The summed E-state index contributed by atoms with van der Waals surface area (Å²) >= 11 is 0. The van der Waals surface area contributed by atoms with Crippen LogP contribution < -0.4 is 0 Å². The third-order valence-corrected chi connectivity index (χ3v) is 13.0. The zero-order valence-corrected chi connectivity index (χ0v) is 45.7. The minimum absolute atomic E-state index is 0.146. The molecule has 0 saturated heterocycles. The van der Waals surface area contributed by atoms with Gasteiger partial charge in [0.15, 0.2) is 12.6 Å². The predicted molar refractivity (Wildman–Crippen MR) is 284 cm³/mol. The van der Waals surface area contributed by atoms with E-state index in [2.05, 4.69) is 32.6 Å². The van der Waals surface area contributed by atoms with Gasteiger partial charge in [-0.3, -0.25) is 9.59 Å². The third kappa shape index (κ3) is 51.1. The number of carbonyl (C=O) groups excluding carboxylic acids is 2. The van der Waals surface area contributed by atoms with Crippen molar-refractivity contribution in [1.29, 1.82) is 0 Å². The fourth-order valence-corrected chi connectivity index (χ4v) is 8.52. The molecule has 0 spiro atoms. The van der Waals surface area contributed by atoms with E-state index in [9.17, 15) is 14.7 Å². The zero-order valence-electron chi connectivity index (χ0n) is 45.7. The Balaban J connectivity index is 4.27. The van der Waals surface area contributed by atoms with Crippen LogP contribution >= 0.6 is 0 Å². The summed E-state index contributed by atoms with van der Waals surface area (Å²) in [6.45, 7) is 16.2. The van der Waals surface area contributed by atoms with E-state index in [1.54, 1.807) is 0 Å². The van der Waals surface area contributed by atoms with Crippen LogP contribution in [0.25, 0.3) is 0 Å². The Morgan fingerprint density at radius 3 is 0.882 bits per heavy atom. The largest absolute Gasteiger partial charge is 0.466 e. The van der Waals surface area contributed by atoms with E-state index >= 15 is 0 Å². The number of hydrogen-bond acceptors (Lipinski definition) is 10. The van der Waals surface area contributed by atoms with Gasteiger partial charge in [-0.25, -0.2) is 0 Å². The molecule has 0 rings (SSSR count). The van der Waals surface area contributed by atoms with Crippen molar-refractivity contribution < 1.29 is 43.1 Å². The number of aliphatic hydroxyl groups excluding tert-OH is 1. The second-order valence-corrected chi connectivity index (χ2v) is 19.7. The second kappa shape index (κ2) is 56.6. The van der Waals surface area contributed by atoms with E-state index < -0.39 is 0 Å². The standard InChI is InChI=1S/C58H115NO9/c1-5-9-13-17-25-37-51-65-57(66-52-38-26-18-14-10-6-2)43-41-55(61)63-49-35-29-21-23-31-45-59(47-33-34-48-60)46-32-24-22-30-36-50-64-56(62)42-44-58(67-53-39-27-19-15-11-7-3)68-54-40-28-20-16-12-8-4/h57-58,60H,5-54H2,1-4H3. The SMILES string of the molecule is CCCCCCCCOC(CCC(=O)OCCCCCCCN(CCCCO)CCCCCCCOC(=O)CCC(OCCCCCCCC)OCCCCCCCC)OCCCCCCCC. The summed E-state index contributed by atoms with van der Waals surface area (Å²) in [6.07, 6.45) is 43.4. The molecular weight excluding hydrogens is 855 g/mol. The molecule has 0 aromatic rings. The molecule has 0 amide bonds. The van der Waals surface area contributed by atoms with Gasteiger partial charge in [0.25, 0.3) is 0 Å². The number of rotatable bonds is 58. The van der Waals surface area contributed by atoms with Crippen molar-refractivity contribution in [3.8, 4) is 0 Å². The number of esters is 2. The molecule has 0 radical (unpaired) electrons. The van der Waals surface area contributed by atoms with Crippen molar-refractivity contribution in [3.63, 3.8) is 0 Å². The molecule has 406 valence electrons. The topological polar surface area (TPSA) is 113 Å². The number of unbranched alkanes of at least 4 members (excludes halogenated alkanes) is 29. The monoisotopic (exact) mass is 970 g/mol. The lowest BCUT2D eigenvalue weighted by Crippen LogP contribution is -2.27. The molecule has 0 bridgehead atoms. The van der Waals surface area contributed by atoms with E-state index in [0.29, 0.717) is 65.3 Å². The minimum Gasteiger partial charge on any atom is -0.466 e. The van der Waals surface area contributed by atoms with Gasteiger partial charge in [-0.15, -0.1) is 0 Å². The van der Waals surface area contributed by atoms with Crippen molar-refractivity contribution in [2.75, 3.05) is 65.9 Å². The lowest BCUT2D eigenvalue weighted by atomic mass is 10.1. The van der Waals surface area contributed by atoms with Crippen LogP contribution in [0.1, 0.15) is 285 Å². The zero-order chi connectivity index (χ0) is 49.5. The minimum atomic E-state index is -0.324. The highest BCUT2D eigenvalue weighted by Crippen LogP contribution is 2.15. The maximum atomic E-state index is 12.6. The summed E-state index contributed by atoms with van der Waals surface area (Å²) in [4.78, 5) is 27.8. The predicted octanol–water partition coefficient (Wildman–Crippen LogP) is 15.8. The molecule has 0 aliphatic rings. The Bertz CT molecular complexity index is 895. The van der Waals surface area contributed by atoms with Gasteiger partial charge >= 0.3 is 11.9 Å². The lowest BCUT2D eigenvalue weighted by molar-refractivity contribution is -0.159. The van der Waals surface area contributed by atoms with Crippen LogP contribution in [-0.4, -0.2) is 100 Å². The summed E-state index contributed by atoms with van der Waals surface area (Å²) in [7, 11) is 0. The molecule has 0 fully saturated rings. The van der Waals surface area contributed by atoms with Crippen LogP contribution in [-0.2, 0) is 38.0 Å². The highest BCUT2D eigenvalue weighted by atomic mass is 16.7. The molecule has 0 saturated carbocycles. The van der Waals surface area contributed by atoms with Gasteiger partial charge in [0.1, 0.15) is 0 Å². The van der Waals surface area contributed by atoms with Gasteiger partial charge in [0.05, 0.1) is 26.1 Å². The Hall–Kier alpha value is -1.30. The number of hydrogen-bond donors (Lipinski definition) is 1. The van der Waals surface area contributed by atoms with E-state index in [1.807, 2.05) is 0 Å². The van der Waals surface area contributed by atoms with Gasteiger partial charge in [-0.05, 0) is 83.8 Å². The fraction of sp³-hybridized carbons (Fsp3) is 0.966. The molecule has 0 aliphatic heterocycles. The first kappa shape index (κ1) is 66.7. The summed E-state index contributed by atoms with van der Waals surface area (Å²) in [5, 5.41) is 9.36. The summed E-state index contributed by atoms with van der Waals surface area (Å²) in [6, 6.07) is 0. The van der Waals surface area contributed by atoms with Crippen LogP contribution in [0.4, 0.5) is 0 Å². The number of nitrogens with zero attached hydrogens (tertiary/aromatic N) is 1. The van der Waals surface area contributed by atoms with Crippen LogP contribution in [0.5, 0.6) is 0 Å². The first-order chi connectivity index (χ1) is 33.5. The Labute approximate surface area is 421 Å². The highest BCUT2D eigenvalue weighted by Gasteiger charge is 2.15. The van der Waals surface area contributed by atoms with Crippen molar-refractivity contribution in [1.82, 2.24) is 4.90 Å². The van der Waals surface area contributed by atoms with Crippen LogP contribution in [0.3, 0.4) is 0 Å².